The average molecular weight is 320 g/mol. The predicted octanol–water partition coefficient (Wildman–Crippen LogP) is 1.91. The number of hydrogen-bond acceptors (Lipinski definition) is 6. The topological polar surface area (TPSA) is 109 Å². The van der Waals surface area contributed by atoms with Gasteiger partial charge < -0.3 is 0 Å². The zero-order valence-electron chi connectivity index (χ0n) is 10.7. The minimum Gasteiger partial charge on any atom is -0.282 e. The van der Waals surface area contributed by atoms with Gasteiger partial charge in [0.15, 0.2) is 0 Å². The molecule has 2 heterocycles. The molecular formula is C12H8N4O3S2. The van der Waals surface area contributed by atoms with E-state index < -0.39 is 10.1 Å². The van der Waals surface area contributed by atoms with Gasteiger partial charge in [-0.05, 0) is 25.1 Å². The van der Waals surface area contributed by atoms with Crippen LogP contribution in [0.25, 0.3) is 15.3 Å². The Kier molecular flexibility index (Phi) is 3.02. The van der Waals surface area contributed by atoms with Gasteiger partial charge in [-0.1, -0.05) is 11.3 Å². The lowest BCUT2D eigenvalue weighted by molar-refractivity contribution is 0.483. The smallest absolute Gasteiger partial charge is 0.282 e. The summed E-state index contributed by atoms with van der Waals surface area (Å²) in [5.41, 5.74) is 1.70. The lowest BCUT2D eigenvalue weighted by Crippen LogP contribution is -1.97. The second kappa shape index (κ2) is 4.63. The first-order valence-corrected chi connectivity index (χ1v) is 7.99. The Bertz CT molecular complexity index is 995. The summed E-state index contributed by atoms with van der Waals surface area (Å²) in [4.78, 5) is 4.17. The molecule has 0 radical (unpaired) electrons. The molecule has 1 aromatic carbocycles. The fraction of sp³-hybridized carbons (Fsp3) is 0.0833. The molecule has 0 aliphatic carbocycles. The van der Waals surface area contributed by atoms with Gasteiger partial charge in [-0.3, -0.25) is 4.55 Å². The van der Waals surface area contributed by atoms with Gasteiger partial charge in [-0.2, -0.15) is 18.8 Å². The van der Waals surface area contributed by atoms with Crippen LogP contribution in [0.4, 0.5) is 0 Å². The summed E-state index contributed by atoms with van der Waals surface area (Å²) in [6.45, 7) is 1.75. The van der Waals surface area contributed by atoms with Crippen LogP contribution < -0.4 is 0 Å². The van der Waals surface area contributed by atoms with Crippen LogP contribution in [0.3, 0.4) is 0 Å². The molecule has 0 spiro atoms. The van der Waals surface area contributed by atoms with Crippen molar-refractivity contribution in [2.75, 3.05) is 0 Å². The van der Waals surface area contributed by atoms with Crippen molar-refractivity contribution in [3.05, 3.63) is 35.7 Å². The van der Waals surface area contributed by atoms with E-state index >= 15 is 0 Å². The van der Waals surface area contributed by atoms with Crippen LogP contribution in [0.1, 0.15) is 11.3 Å². The molecule has 0 aliphatic rings. The van der Waals surface area contributed by atoms with Crippen LogP contribution in [0.5, 0.6) is 0 Å². The molecule has 0 unspecified atom stereocenters. The summed E-state index contributed by atoms with van der Waals surface area (Å²) in [7, 11) is -4.24. The maximum atomic E-state index is 11.1. The fourth-order valence-electron chi connectivity index (χ4n) is 1.86. The van der Waals surface area contributed by atoms with E-state index in [-0.39, 0.29) is 4.90 Å². The molecule has 3 rings (SSSR count). The number of aromatic nitrogens is 3. The third-order valence-electron chi connectivity index (χ3n) is 2.96. The molecule has 0 aliphatic heterocycles. The Labute approximate surface area is 123 Å². The maximum absolute atomic E-state index is 11.1. The van der Waals surface area contributed by atoms with Crippen molar-refractivity contribution in [2.24, 2.45) is 0 Å². The average Bonchev–Trinajstić information content (AvgIpc) is 2.99. The van der Waals surface area contributed by atoms with E-state index in [1.165, 1.54) is 40.4 Å². The third-order valence-corrected chi connectivity index (χ3v) is 4.80. The molecule has 0 amide bonds. The first kappa shape index (κ1) is 13.7. The van der Waals surface area contributed by atoms with Crippen LogP contribution in [-0.2, 0) is 10.1 Å². The molecule has 106 valence electrons. The summed E-state index contributed by atoms with van der Waals surface area (Å²) >= 11 is 1.22. The Balaban J connectivity index is 2.18. The lowest BCUT2D eigenvalue weighted by atomic mass is 10.3. The predicted molar refractivity (Wildman–Crippen MR) is 76.0 cm³/mol. The number of hydrogen-bond donors (Lipinski definition) is 1. The SMILES string of the molecule is Cc1c(C#N)cnn1-c1nc2ccc(S(=O)(=O)O)cc2s1. The minimum atomic E-state index is -4.24. The molecule has 0 fully saturated rings. The van der Waals surface area contributed by atoms with Crippen molar-refractivity contribution in [1.82, 2.24) is 14.8 Å². The van der Waals surface area contributed by atoms with Gasteiger partial charge in [0, 0.05) is 0 Å². The normalized spacial score (nSPS) is 11.7. The molecule has 3 aromatic rings. The van der Waals surface area contributed by atoms with Crippen molar-refractivity contribution < 1.29 is 13.0 Å². The molecule has 21 heavy (non-hydrogen) atoms. The van der Waals surface area contributed by atoms with Crippen LogP contribution >= 0.6 is 11.3 Å². The highest BCUT2D eigenvalue weighted by Gasteiger charge is 2.15. The number of rotatable bonds is 2. The van der Waals surface area contributed by atoms with Gasteiger partial charge in [-0.25, -0.2) is 9.67 Å². The van der Waals surface area contributed by atoms with Gasteiger partial charge >= 0.3 is 0 Å². The van der Waals surface area contributed by atoms with Crippen molar-refractivity contribution in [3.8, 4) is 11.2 Å². The van der Waals surface area contributed by atoms with Crippen LogP contribution in [0, 0.1) is 18.3 Å². The van der Waals surface area contributed by atoms with Gasteiger partial charge in [0.1, 0.15) is 6.07 Å². The largest absolute Gasteiger partial charge is 0.294 e. The second-order valence-corrected chi connectivity index (χ2v) is 6.70. The first-order valence-electron chi connectivity index (χ1n) is 5.73. The quantitative estimate of drug-likeness (QED) is 0.722. The Morgan fingerprint density at radius 3 is 2.81 bits per heavy atom. The number of thiazole rings is 1. The Morgan fingerprint density at radius 2 is 2.19 bits per heavy atom. The molecule has 7 nitrogen and oxygen atoms in total. The molecular weight excluding hydrogens is 312 g/mol. The summed E-state index contributed by atoms with van der Waals surface area (Å²) in [6, 6.07) is 6.19. The number of nitrogens with zero attached hydrogens (tertiary/aromatic N) is 4. The standard InChI is InChI=1S/C12H8N4O3S2/c1-7-8(5-13)6-14-16(7)12-15-10-3-2-9(21(17,18)19)4-11(10)20-12/h2-4,6H,1H3,(H,17,18,19). The van der Waals surface area contributed by atoms with E-state index in [1.54, 1.807) is 6.92 Å². The summed E-state index contributed by atoms with van der Waals surface area (Å²) < 4.78 is 33.5. The van der Waals surface area contributed by atoms with E-state index in [0.29, 0.717) is 26.6 Å². The van der Waals surface area contributed by atoms with E-state index in [0.717, 1.165) is 0 Å². The maximum Gasteiger partial charge on any atom is 0.294 e. The molecule has 0 saturated carbocycles. The van der Waals surface area contributed by atoms with Gasteiger partial charge in [0.05, 0.1) is 32.6 Å². The zero-order chi connectivity index (χ0) is 15.2. The highest BCUT2D eigenvalue weighted by molar-refractivity contribution is 7.85. The molecule has 0 atom stereocenters. The van der Waals surface area contributed by atoms with Crippen LogP contribution in [0.2, 0.25) is 0 Å². The van der Waals surface area contributed by atoms with Crippen molar-refractivity contribution in [2.45, 2.75) is 11.8 Å². The molecule has 2 aromatic heterocycles. The van der Waals surface area contributed by atoms with Crippen LogP contribution in [-0.4, -0.2) is 27.7 Å². The number of fused-ring (bicyclic) bond motifs is 1. The van der Waals surface area contributed by atoms with Gasteiger partial charge in [0.25, 0.3) is 10.1 Å². The van der Waals surface area contributed by atoms with Crippen molar-refractivity contribution >= 4 is 31.7 Å². The highest BCUT2D eigenvalue weighted by atomic mass is 32.2. The summed E-state index contributed by atoms with van der Waals surface area (Å²) in [6.07, 6.45) is 1.45. The van der Waals surface area contributed by atoms with Crippen molar-refractivity contribution in [1.29, 1.82) is 5.26 Å². The monoisotopic (exact) mass is 320 g/mol. The molecule has 1 N–H and O–H groups in total. The molecule has 0 saturated heterocycles. The fourth-order valence-corrected chi connectivity index (χ4v) is 3.45. The minimum absolute atomic E-state index is 0.180. The third kappa shape index (κ3) is 2.29. The first-order chi connectivity index (χ1) is 9.90. The highest BCUT2D eigenvalue weighted by Crippen LogP contribution is 2.28. The lowest BCUT2D eigenvalue weighted by Gasteiger charge is -1.96. The molecule has 0 bridgehead atoms. The number of nitriles is 1. The van der Waals surface area contributed by atoms with Crippen LogP contribution in [0.15, 0.2) is 29.3 Å². The van der Waals surface area contributed by atoms with Crippen molar-refractivity contribution in [3.63, 3.8) is 0 Å². The van der Waals surface area contributed by atoms with E-state index in [9.17, 15) is 8.42 Å². The van der Waals surface area contributed by atoms with Gasteiger partial charge in [0.2, 0.25) is 5.13 Å². The van der Waals surface area contributed by atoms with E-state index in [2.05, 4.69) is 10.1 Å². The Hall–Kier alpha value is -2.28. The second-order valence-electron chi connectivity index (χ2n) is 4.27. The van der Waals surface area contributed by atoms with E-state index in [4.69, 9.17) is 9.81 Å². The Morgan fingerprint density at radius 1 is 1.43 bits per heavy atom. The van der Waals surface area contributed by atoms with Gasteiger partial charge in [-0.15, -0.1) is 0 Å². The zero-order valence-corrected chi connectivity index (χ0v) is 12.3. The molecule has 9 heteroatoms. The summed E-state index contributed by atoms with van der Waals surface area (Å²) in [5, 5.41) is 13.6. The number of benzene rings is 1. The van der Waals surface area contributed by atoms with E-state index in [1.807, 2.05) is 6.07 Å². The summed E-state index contributed by atoms with van der Waals surface area (Å²) in [5.74, 6) is 0.